The monoisotopic (exact) mass is 583 g/mol. The van der Waals surface area contributed by atoms with Crippen LogP contribution in [0.3, 0.4) is 0 Å². The Labute approximate surface area is 232 Å². The van der Waals surface area contributed by atoms with Crippen molar-refractivity contribution in [2.24, 2.45) is 0 Å². The molecule has 1 aliphatic rings. The van der Waals surface area contributed by atoms with Crippen LogP contribution in [-0.2, 0) is 6.18 Å². The summed E-state index contributed by atoms with van der Waals surface area (Å²) in [4.78, 5) is 34.8. The summed E-state index contributed by atoms with van der Waals surface area (Å²) in [7, 11) is 0. The van der Waals surface area contributed by atoms with Gasteiger partial charge in [-0.25, -0.2) is 13.8 Å². The molecule has 0 saturated heterocycles. The van der Waals surface area contributed by atoms with Crippen molar-refractivity contribution in [2.45, 2.75) is 12.2 Å². The minimum absolute atomic E-state index is 0.00322. The van der Waals surface area contributed by atoms with Gasteiger partial charge in [0.25, 0.3) is 11.8 Å². The molecule has 1 atom stereocenters. The second kappa shape index (κ2) is 9.66. The summed E-state index contributed by atoms with van der Waals surface area (Å²) in [5.41, 5.74) is -0.199. The van der Waals surface area contributed by atoms with E-state index in [1.54, 1.807) is 23.0 Å². The van der Waals surface area contributed by atoms with Crippen LogP contribution in [0.1, 0.15) is 43.4 Å². The summed E-state index contributed by atoms with van der Waals surface area (Å²) in [6, 6.07) is 6.97. The number of fused-ring (bicyclic) bond motifs is 2. The Morgan fingerprint density at radius 3 is 2.61 bits per heavy atom. The average molecular weight is 584 g/mol. The second-order valence-electron chi connectivity index (χ2n) is 9.20. The van der Waals surface area contributed by atoms with Gasteiger partial charge in [-0.1, -0.05) is 11.6 Å². The maximum Gasteiger partial charge on any atom is 0.416 e. The second-order valence-corrected chi connectivity index (χ2v) is 9.61. The number of alkyl halides is 3. The lowest BCUT2D eigenvalue weighted by Crippen LogP contribution is -2.21. The lowest BCUT2D eigenvalue weighted by Gasteiger charge is -2.19. The number of nitrogens with zero attached hydrogens (tertiary/aromatic N) is 3. The molecule has 3 heterocycles. The van der Waals surface area contributed by atoms with E-state index in [-0.39, 0.29) is 33.5 Å². The normalized spacial score (nSPS) is 14.7. The lowest BCUT2D eigenvalue weighted by molar-refractivity contribution is -0.137. The topological polar surface area (TPSA) is 88.4 Å². The Bertz CT molecular complexity index is 1890. The first-order valence-corrected chi connectivity index (χ1v) is 12.3. The van der Waals surface area contributed by atoms with Gasteiger partial charge in [-0.3, -0.25) is 14.6 Å². The van der Waals surface area contributed by atoms with Gasteiger partial charge in [-0.15, -0.1) is 0 Å². The van der Waals surface area contributed by atoms with E-state index in [1.807, 2.05) is 0 Å². The Morgan fingerprint density at radius 2 is 1.83 bits per heavy atom. The van der Waals surface area contributed by atoms with Gasteiger partial charge in [0.05, 0.1) is 23.5 Å². The van der Waals surface area contributed by atoms with Crippen LogP contribution in [0.2, 0.25) is 5.02 Å². The number of benzene rings is 3. The van der Waals surface area contributed by atoms with E-state index < -0.39 is 46.8 Å². The summed E-state index contributed by atoms with van der Waals surface area (Å²) < 4.78 is 69.8. The molecule has 7 nitrogen and oxygen atoms in total. The molecule has 2 N–H and O–H groups in total. The minimum Gasteiger partial charge on any atom is -0.341 e. The van der Waals surface area contributed by atoms with Gasteiger partial charge in [0.1, 0.15) is 11.6 Å². The van der Waals surface area contributed by atoms with E-state index in [4.69, 9.17) is 11.6 Å². The summed E-state index contributed by atoms with van der Waals surface area (Å²) in [5, 5.41) is 5.35. The molecule has 0 fully saturated rings. The molecule has 13 heteroatoms. The number of imidazole rings is 1. The van der Waals surface area contributed by atoms with Crippen LogP contribution in [0.5, 0.6) is 0 Å². The Hall–Kier alpha value is -4.84. The summed E-state index contributed by atoms with van der Waals surface area (Å²) in [6.45, 7) is 0. The molecule has 2 amide bonds. The molecular formula is C28H15ClF5N5O2. The van der Waals surface area contributed by atoms with E-state index in [0.717, 1.165) is 12.1 Å². The summed E-state index contributed by atoms with van der Waals surface area (Å²) >= 11 is 6.32. The van der Waals surface area contributed by atoms with Gasteiger partial charge in [-0.2, -0.15) is 13.2 Å². The highest BCUT2D eigenvalue weighted by atomic mass is 35.5. The number of hydrogen-bond donors (Lipinski definition) is 2. The van der Waals surface area contributed by atoms with Crippen molar-refractivity contribution < 1.29 is 31.5 Å². The number of nitrogens with one attached hydrogen (secondary N) is 2. The van der Waals surface area contributed by atoms with E-state index >= 15 is 0 Å². The highest BCUT2D eigenvalue weighted by Crippen LogP contribution is 2.42. The standard InChI is InChI=1S/C28H15ClF5N5O2/c29-20-2-1-16(30)10-18(20)25-24-19(27(41)38-25)7-13(22-12-39-4-3-35-23(39)11-36-22)8-21(24)37-26(40)14-5-15(28(32,33)34)9-17(31)6-14/h1-12,25H,(H,37,40)(H,38,41)/t25-/m1/s1. The van der Waals surface area contributed by atoms with Crippen LogP contribution < -0.4 is 10.6 Å². The predicted octanol–water partition coefficient (Wildman–Crippen LogP) is 6.43. The molecule has 0 unspecified atom stereocenters. The molecule has 0 saturated carbocycles. The van der Waals surface area contributed by atoms with Crippen LogP contribution in [0, 0.1) is 11.6 Å². The van der Waals surface area contributed by atoms with Crippen molar-refractivity contribution in [3.8, 4) is 11.3 Å². The number of hydrogen-bond acceptors (Lipinski definition) is 4. The van der Waals surface area contributed by atoms with Gasteiger partial charge in [0.2, 0.25) is 0 Å². The van der Waals surface area contributed by atoms with Crippen LogP contribution in [-0.4, -0.2) is 26.2 Å². The fraction of sp³-hybridized carbons (Fsp3) is 0.0714. The van der Waals surface area contributed by atoms with Gasteiger partial charge >= 0.3 is 6.18 Å². The Morgan fingerprint density at radius 1 is 1.02 bits per heavy atom. The van der Waals surface area contributed by atoms with E-state index in [0.29, 0.717) is 29.0 Å². The molecule has 0 radical (unpaired) electrons. The SMILES string of the molecule is O=C(Nc1cc(-c2cn3ccnc3cn2)cc2c1[C@@H](c1cc(F)ccc1Cl)NC2=O)c1cc(F)cc(C(F)(F)F)c1. The van der Waals surface area contributed by atoms with E-state index in [2.05, 4.69) is 20.6 Å². The first-order chi connectivity index (χ1) is 19.5. The number of halogens is 6. The van der Waals surface area contributed by atoms with Crippen LogP contribution in [0.4, 0.5) is 27.6 Å². The molecule has 0 spiro atoms. The minimum atomic E-state index is -4.90. The zero-order valence-electron chi connectivity index (χ0n) is 20.4. The summed E-state index contributed by atoms with van der Waals surface area (Å²) in [6.07, 6.45) is 1.45. The average Bonchev–Trinajstić information content (AvgIpc) is 3.53. The highest BCUT2D eigenvalue weighted by Gasteiger charge is 2.36. The molecule has 5 aromatic rings. The third-order valence-corrected chi connectivity index (χ3v) is 6.91. The number of amides is 2. The molecule has 6 rings (SSSR count). The quantitative estimate of drug-likeness (QED) is 0.239. The van der Waals surface area contributed by atoms with E-state index in [9.17, 15) is 31.5 Å². The molecule has 3 aromatic carbocycles. The lowest BCUT2D eigenvalue weighted by atomic mass is 9.93. The maximum absolute atomic E-state index is 14.2. The van der Waals surface area contributed by atoms with Crippen molar-refractivity contribution >= 4 is 34.7 Å². The molecule has 206 valence electrons. The third kappa shape index (κ3) is 4.86. The fourth-order valence-electron chi connectivity index (χ4n) is 4.71. The smallest absolute Gasteiger partial charge is 0.341 e. The highest BCUT2D eigenvalue weighted by molar-refractivity contribution is 6.31. The summed E-state index contributed by atoms with van der Waals surface area (Å²) in [5.74, 6) is -3.54. The molecule has 2 aromatic heterocycles. The van der Waals surface area contributed by atoms with Crippen molar-refractivity contribution in [1.82, 2.24) is 19.7 Å². The van der Waals surface area contributed by atoms with Crippen LogP contribution in [0.25, 0.3) is 16.9 Å². The zero-order valence-corrected chi connectivity index (χ0v) is 21.2. The Balaban J connectivity index is 1.51. The third-order valence-electron chi connectivity index (χ3n) is 6.57. The molecular weight excluding hydrogens is 569 g/mol. The molecule has 41 heavy (non-hydrogen) atoms. The fourth-order valence-corrected chi connectivity index (χ4v) is 4.93. The number of anilines is 1. The molecule has 0 bridgehead atoms. The molecule has 1 aliphatic heterocycles. The van der Waals surface area contributed by atoms with Crippen molar-refractivity contribution in [3.05, 3.63) is 118 Å². The van der Waals surface area contributed by atoms with Gasteiger partial charge in [0.15, 0.2) is 5.65 Å². The Kier molecular flexibility index (Phi) is 6.22. The number of carbonyl (C=O) groups excluding carboxylic acids is 2. The largest absolute Gasteiger partial charge is 0.416 e. The van der Waals surface area contributed by atoms with Gasteiger partial charge in [0, 0.05) is 57.1 Å². The van der Waals surface area contributed by atoms with E-state index in [1.165, 1.54) is 24.4 Å². The van der Waals surface area contributed by atoms with Crippen molar-refractivity contribution in [1.29, 1.82) is 0 Å². The van der Waals surface area contributed by atoms with Gasteiger partial charge < -0.3 is 15.0 Å². The first kappa shape index (κ1) is 26.4. The van der Waals surface area contributed by atoms with Crippen molar-refractivity contribution in [3.63, 3.8) is 0 Å². The van der Waals surface area contributed by atoms with Crippen LogP contribution >= 0.6 is 11.6 Å². The van der Waals surface area contributed by atoms with Crippen LogP contribution in [0.15, 0.2) is 73.3 Å². The predicted molar refractivity (Wildman–Crippen MR) is 138 cm³/mol. The number of aromatic nitrogens is 3. The van der Waals surface area contributed by atoms with Crippen molar-refractivity contribution in [2.75, 3.05) is 5.32 Å². The number of carbonyl (C=O) groups is 2. The molecule has 0 aliphatic carbocycles. The maximum atomic E-state index is 14.2. The first-order valence-electron chi connectivity index (χ1n) is 11.9. The number of rotatable bonds is 4. The van der Waals surface area contributed by atoms with Gasteiger partial charge in [-0.05, 0) is 48.5 Å². The zero-order chi connectivity index (χ0) is 29.1.